The molecule has 0 amide bonds. The van der Waals surface area contributed by atoms with Crippen molar-refractivity contribution in [3.8, 4) is 0 Å². The van der Waals surface area contributed by atoms with Crippen molar-refractivity contribution in [2.45, 2.75) is 0 Å². The molecule has 0 radical (unpaired) electrons. The van der Waals surface area contributed by atoms with Gasteiger partial charge < -0.3 is 19.6 Å². The average Bonchev–Trinajstić information content (AvgIpc) is 1.14. The van der Waals surface area contributed by atoms with Gasteiger partial charge in [0.1, 0.15) is 0 Å². The number of phosphoric acid groups is 2. The Hall–Kier alpha value is 2.19. The molecular weight excluding hydrogens is 248 g/mol. The molecule has 0 rings (SSSR count). The van der Waals surface area contributed by atoms with Crippen LogP contribution in [0.2, 0.25) is 0 Å². The SMILES string of the molecule is Cl.O=P(O)(O)OP(=O)(O)O.[KH]. The first-order valence-electron chi connectivity index (χ1n) is 1.53. The molecule has 0 aliphatic rings. The van der Waals surface area contributed by atoms with Gasteiger partial charge in [-0.15, -0.1) is 12.4 Å². The molecule has 7 nitrogen and oxygen atoms in total. The average molecular weight is 255 g/mol. The van der Waals surface area contributed by atoms with Crippen LogP contribution in [0.15, 0.2) is 0 Å². The van der Waals surface area contributed by atoms with Gasteiger partial charge in [-0.25, -0.2) is 9.13 Å². The summed E-state index contributed by atoms with van der Waals surface area (Å²) in [6.45, 7) is 0. The van der Waals surface area contributed by atoms with Crippen LogP contribution in [-0.4, -0.2) is 71.0 Å². The molecule has 0 saturated heterocycles. The van der Waals surface area contributed by atoms with Crippen LogP contribution in [0.4, 0.5) is 0 Å². The molecule has 0 aromatic heterocycles. The normalized spacial score (nSPS) is 11.3. The minimum absolute atomic E-state index is 0. The number of rotatable bonds is 2. The molecule has 0 bridgehead atoms. The summed E-state index contributed by atoms with van der Waals surface area (Å²) >= 11 is 0. The second-order valence-corrected chi connectivity index (χ2v) is 3.68. The Balaban J connectivity index is -0.000000320. The summed E-state index contributed by atoms with van der Waals surface area (Å²) in [5.74, 6) is 0. The second kappa shape index (κ2) is 6.61. The standard InChI is InChI=1S/ClH.K.H4O7P2.H/c;;1-8(2,3)7-9(4,5)6;/h1H;;(H2,1,2,3)(H2,4,5,6);. The van der Waals surface area contributed by atoms with Crippen LogP contribution in [-0.2, 0) is 13.4 Å². The van der Waals surface area contributed by atoms with E-state index in [-0.39, 0.29) is 63.8 Å². The Kier molecular flexibility index (Phi) is 11.3. The van der Waals surface area contributed by atoms with Crippen LogP contribution in [0.1, 0.15) is 0 Å². The van der Waals surface area contributed by atoms with Gasteiger partial charge in [0.15, 0.2) is 0 Å². The van der Waals surface area contributed by atoms with Crippen LogP contribution >= 0.6 is 28.1 Å². The van der Waals surface area contributed by atoms with Crippen molar-refractivity contribution in [1.29, 1.82) is 0 Å². The minimum atomic E-state index is -5.05. The summed E-state index contributed by atoms with van der Waals surface area (Å²) in [6, 6.07) is 0. The summed E-state index contributed by atoms with van der Waals surface area (Å²) < 4.78 is 22.2. The van der Waals surface area contributed by atoms with Gasteiger partial charge in [-0.2, -0.15) is 4.31 Å². The zero-order valence-electron chi connectivity index (χ0n) is 4.32. The van der Waals surface area contributed by atoms with E-state index in [9.17, 15) is 9.13 Å². The van der Waals surface area contributed by atoms with E-state index in [1.165, 1.54) is 0 Å². The van der Waals surface area contributed by atoms with Crippen molar-refractivity contribution in [3.05, 3.63) is 0 Å². The fraction of sp³-hybridized carbons (Fsp3) is 0. The van der Waals surface area contributed by atoms with Crippen LogP contribution < -0.4 is 0 Å². The van der Waals surface area contributed by atoms with E-state index in [2.05, 4.69) is 4.31 Å². The summed E-state index contributed by atoms with van der Waals surface area (Å²) in [6.07, 6.45) is 0. The molecule has 0 aliphatic carbocycles. The topological polar surface area (TPSA) is 124 Å². The Morgan fingerprint density at radius 3 is 1.09 bits per heavy atom. The molecule has 0 atom stereocenters. The Labute approximate surface area is 111 Å². The van der Waals surface area contributed by atoms with Crippen molar-refractivity contribution in [3.63, 3.8) is 0 Å². The van der Waals surface area contributed by atoms with Gasteiger partial charge in [-0.05, 0) is 0 Å². The number of halogens is 1. The Morgan fingerprint density at radius 1 is 0.909 bits per heavy atom. The van der Waals surface area contributed by atoms with Gasteiger partial charge in [0.05, 0.1) is 0 Å². The van der Waals surface area contributed by atoms with Gasteiger partial charge in [0.2, 0.25) is 0 Å². The van der Waals surface area contributed by atoms with Crippen LogP contribution in [0.5, 0.6) is 0 Å². The second-order valence-electron chi connectivity index (χ2n) is 1.06. The molecular formula is H6ClKO7P2. The van der Waals surface area contributed by atoms with Gasteiger partial charge in [0.25, 0.3) is 0 Å². The van der Waals surface area contributed by atoms with Gasteiger partial charge in [0, 0.05) is 0 Å². The fourth-order valence-corrected chi connectivity index (χ4v) is 1.25. The first-order chi connectivity index (χ1) is 3.71. The van der Waals surface area contributed by atoms with Crippen LogP contribution in [0.25, 0.3) is 0 Å². The van der Waals surface area contributed by atoms with Crippen molar-refractivity contribution in [2.75, 3.05) is 0 Å². The summed E-state index contributed by atoms with van der Waals surface area (Å²) in [5.41, 5.74) is 0. The molecule has 0 spiro atoms. The summed E-state index contributed by atoms with van der Waals surface area (Å²) in [4.78, 5) is 31.0. The van der Waals surface area contributed by atoms with E-state index in [0.717, 1.165) is 0 Å². The van der Waals surface area contributed by atoms with Crippen molar-refractivity contribution in [2.24, 2.45) is 0 Å². The van der Waals surface area contributed by atoms with Crippen molar-refractivity contribution < 1.29 is 33.0 Å². The molecule has 11 heavy (non-hydrogen) atoms. The molecule has 0 fully saturated rings. The zero-order chi connectivity index (χ0) is 7.71. The van der Waals surface area contributed by atoms with Crippen LogP contribution in [0.3, 0.4) is 0 Å². The third-order valence-corrected chi connectivity index (χ3v) is 1.91. The first kappa shape index (κ1) is 18.9. The molecule has 0 saturated carbocycles. The first-order valence-corrected chi connectivity index (χ1v) is 4.59. The van der Waals surface area contributed by atoms with Gasteiger partial charge >= 0.3 is 67.0 Å². The predicted octanol–water partition coefficient (Wildman–Crippen LogP) is -1.04. The van der Waals surface area contributed by atoms with E-state index in [1.54, 1.807) is 0 Å². The monoisotopic (exact) mass is 254 g/mol. The van der Waals surface area contributed by atoms with Crippen molar-refractivity contribution >= 4 is 79.4 Å². The maximum absolute atomic E-state index is 9.63. The molecule has 0 unspecified atom stereocenters. The molecule has 0 aliphatic heterocycles. The summed E-state index contributed by atoms with van der Waals surface area (Å²) in [5, 5.41) is 0. The fourth-order valence-electron chi connectivity index (χ4n) is 0.139. The van der Waals surface area contributed by atoms with E-state index < -0.39 is 15.6 Å². The maximum atomic E-state index is 9.63. The van der Waals surface area contributed by atoms with E-state index in [1.807, 2.05) is 0 Å². The Bertz CT molecular complexity index is 157. The van der Waals surface area contributed by atoms with E-state index in [0.29, 0.717) is 0 Å². The van der Waals surface area contributed by atoms with E-state index >= 15 is 0 Å². The number of hydrogen-bond donors (Lipinski definition) is 4. The third-order valence-electron chi connectivity index (χ3n) is 0.213. The number of hydrogen-bond acceptors (Lipinski definition) is 3. The molecule has 0 aromatic carbocycles. The summed E-state index contributed by atoms with van der Waals surface area (Å²) in [7, 11) is -10.1. The van der Waals surface area contributed by atoms with E-state index in [4.69, 9.17) is 19.6 Å². The van der Waals surface area contributed by atoms with Gasteiger partial charge in [-0.1, -0.05) is 0 Å². The Morgan fingerprint density at radius 2 is 1.09 bits per heavy atom. The van der Waals surface area contributed by atoms with Crippen molar-refractivity contribution in [1.82, 2.24) is 0 Å². The predicted molar refractivity (Wildman–Crippen MR) is 39.6 cm³/mol. The molecule has 4 N–H and O–H groups in total. The molecule has 11 heteroatoms. The molecule has 66 valence electrons. The zero-order valence-corrected chi connectivity index (χ0v) is 6.92. The molecule has 0 aromatic rings. The van der Waals surface area contributed by atoms with Crippen LogP contribution in [0, 0.1) is 0 Å². The third kappa shape index (κ3) is 18.9. The quantitative estimate of drug-likeness (QED) is 0.366. The molecule has 0 heterocycles. The van der Waals surface area contributed by atoms with Gasteiger partial charge in [-0.3, -0.25) is 0 Å².